The van der Waals surface area contributed by atoms with Crippen LogP contribution in [0.2, 0.25) is 0 Å². The SMILES string of the molecule is COc1ccc([NH-])cc1.[Al+3].[CH3-].[CH3-]. The van der Waals surface area contributed by atoms with Gasteiger partial charge in [-0.15, -0.1) is 5.69 Å². The van der Waals surface area contributed by atoms with Gasteiger partial charge in [-0.25, -0.2) is 0 Å². The van der Waals surface area contributed by atoms with E-state index in [2.05, 4.69) is 0 Å². The van der Waals surface area contributed by atoms with Crippen LogP contribution < -0.4 is 4.74 Å². The first-order valence-electron chi connectivity index (χ1n) is 2.68. The van der Waals surface area contributed by atoms with E-state index in [1.54, 1.807) is 31.4 Å². The Bertz CT molecular complexity index is 186. The van der Waals surface area contributed by atoms with Gasteiger partial charge in [0.05, 0.1) is 7.11 Å². The first kappa shape index (κ1) is 17.4. The average molecular weight is 179 g/mol. The molecule has 0 aliphatic heterocycles. The Balaban J connectivity index is -0.000000270. The Morgan fingerprint density at radius 3 is 1.83 bits per heavy atom. The van der Waals surface area contributed by atoms with Crippen molar-refractivity contribution in [2.24, 2.45) is 0 Å². The van der Waals surface area contributed by atoms with Gasteiger partial charge >= 0.3 is 17.4 Å². The van der Waals surface area contributed by atoms with Gasteiger partial charge in [-0.2, -0.15) is 0 Å². The van der Waals surface area contributed by atoms with Gasteiger partial charge in [0.1, 0.15) is 5.75 Å². The molecule has 0 radical (unpaired) electrons. The van der Waals surface area contributed by atoms with Crippen LogP contribution in [-0.2, 0) is 0 Å². The maximum Gasteiger partial charge on any atom is 3.00 e. The fraction of sp³-hybridized carbons (Fsp3) is 0.111. The van der Waals surface area contributed by atoms with Crippen LogP contribution >= 0.6 is 0 Å². The summed E-state index contributed by atoms with van der Waals surface area (Å²) in [7, 11) is 1.61. The summed E-state index contributed by atoms with van der Waals surface area (Å²) < 4.78 is 4.89. The molecule has 0 spiro atoms. The number of hydrogen-bond acceptors (Lipinski definition) is 1. The number of rotatable bonds is 1. The molecule has 64 valence electrons. The van der Waals surface area contributed by atoms with Crippen LogP contribution in [0.25, 0.3) is 5.73 Å². The summed E-state index contributed by atoms with van der Waals surface area (Å²) in [5, 5.41) is 0. The molecular weight excluding hydrogens is 165 g/mol. The number of nitrogens with one attached hydrogen (secondary N) is 1. The predicted octanol–water partition coefficient (Wildman–Crippen LogP) is 2.90. The molecule has 0 unspecified atom stereocenters. The zero-order valence-corrected chi connectivity index (χ0v) is 8.95. The van der Waals surface area contributed by atoms with Gasteiger partial charge < -0.3 is 25.3 Å². The summed E-state index contributed by atoms with van der Waals surface area (Å²) >= 11 is 0. The average Bonchev–Trinajstić information content (AvgIpc) is 1.90. The Labute approximate surface area is 85.9 Å². The van der Waals surface area contributed by atoms with Crippen molar-refractivity contribution >= 4 is 23.0 Å². The van der Waals surface area contributed by atoms with Crippen molar-refractivity contribution in [3.05, 3.63) is 44.9 Å². The van der Waals surface area contributed by atoms with E-state index < -0.39 is 0 Å². The smallest absolute Gasteiger partial charge is 0.699 e. The third-order valence-electron chi connectivity index (χ3n) is 1.09. The van der Waals surface area contributed by atoms with Crippen LogP contribution in [0.15, 0.2) is 24.3 Å². The van der Waals surface area contributed by atoms with Crippen LogP contribution in [0.1, 0.15) is 0 Å². The Hall–Kier alpha value is -0.648. The third kappa shape index (κ3) is 5.06. The van der Waals surface area contributed by atoms with E-state index in [1.807, 2.05) is 0 Å². The monoisotopic (exact) mass is 179 g/mol. The largest absolute Gasteiger partial charge is 3.00 e. The molecule has 0 heterocycles. The molecule has 0 amide bonds. The maximum atomic E-state index is 7.11. The molecule has 3 heteroatoms. The minimum absolute atomic E-state index is 0. The zero-order valence-electron chi connectivity index (χ0n) is 7.79. The van der Waals surface area contributed by atoms with Crippen LogP contribution in [-0.4, -0.2) is 24.5 Å². The molecule has 2 nitrogen and oxygen atoms in total. The summed E-state index contributed by atoms with van der Waals surface area (Å²) in [5.41, 5.74) is 7.62. The molecule has 1 rings (SSSR count). The van der Waals surface area contributed by atoms with Crippen molar-refractivity contribution in [1.29, 1.82) is 0 Å². The van der Waals surface area contributed by atoms with E-state index in [0.717, 1.165) is 5.75 Å². The van der Waals surface area contributed by atoms with Gasteiger partial charge in [-0.05, 0) is 12.1 Å². The van der Waals surface area contributed by atoms with E-state index in [9.17, 15) is 0 Å². The molecular formula is C9H14AlNO. The summed E-state index contributed by atoms with van der Waals surface area (Å²) in [4.78, 5) is 0. The fourth-order valence-electron chi connectivity index (χ4n) is 0.591. The standard InChI is InChI=1S/C7H8NO.2CH3.Al/c1-9-7-4-2-6(8)3-5-7;;;/h2-5,8H,1H3;2*1H3;/q3*-1;+3. The molecule has 0 aliphatic carbocycles. The van der Waals surface area contributed by atoms with E-state index in [-0.39, 0.29) is 32.2 Å². The van der Waals surface area contributed by atoms with Crippen molar-refractivity contribution in [2.75, 3.05) is 7.11 Å². The number of benzene rings is 1. The second-order valence-electron chi connectivity index (χ2n) is 1.73. The molecule has 0 aromatic heterocycles. The van der Waals surface area contributed by atoms with Crippen LogP contribution in [0.3, 0.4) is 0 Å². The van der Waals surface area contributed by atoms with Crippen molar-refractivity contribution in [1.82, 2.24) is 0 Å². The summed E-state index contributed by atoms with van der Waals surface area (Å²) in [6, 6.07) is 6.92. The molecule has 0 aliphatic rings. The van der Waals surface area contributed by atoms with Crippen LogP contribution in [0, 0.1) is 14.9 Å². The predicted molar refractivity (Wildman–Crippen MR) is 55.6 cm³/mol. The number of hydrogen-bond donors (Lipinski definition) is 0. The normalized spacial score (nSPS) is 6.75. The first-order chi connectivity index (χ1) is 4.33. The molecule has 12 heavy (non-hydrogen) atoms. The first-order valence-corrected chi connectivity index (χ1v) is 2.68. The van der Waals surface area contributed by atoms with Gasteiger partial charge in [0, 0.05) is 0 Å². The molecule has 1 aromatic rings. The van der Waals surface area contributed by atoms with E-state index in [4.69, 9.17) is 10.5 Å². The topological polar surface area (TPSA) is 33.0 Å². The van der Waals surface area contributed by atoms with Gasteiger partial charge in [-0.1, -0.05) is 12.1 Å². The van der Waals surface area contributed by atoms with Crippen LogP contribution in [0.4, 0.5) is 5.69 Å². The van der Waals surface area contributed by atoms with Crippen molar-refractivity contribution in [2.45, 2.75) is 0 Å². The zero-order chi connectivity index (χ0) is 6.69. The van der Waals surface area contributed by atoms with Crippen molar-refractivity contribution < 1.29 is 4.74 Å². The molecule has 1 N–H and O–H groups in total. The van der Waals surface area contributed by atoms with Gasteiger partial charge in [0.15, 0.2) is 0 Å². The minimum Gasteiger partial charge on any atom is -0.699 e. The maximum absolute atomic E-state index is 7.11. The van der Waals surface area contributed by atoms with Crippen molar-refractivity contribution in [3.63, 3.8) is 0 Å². The van der Waals surface area contributed by atoms with E-state index >= 15 is 0 Å². The third-order valence-corrected chi connectivity index (χ3v) is 1.09. The van der Waals surface area contributed by atoms with Crippen LogP contribution in [0.5, 0.6) is 5.75 Å². The molecule has 0 atom stereocenters. The van der Waals surface area contributed by atoms with Gasteiger partial charge in [-0.3, -0.25) is 0 Å². The Kier molecular flexibility index (Phi) is 12.3. The van der Waals surface area contributed by atoms with Crippen molar-refractivity contribution in [3.8, 4) is 5.75 Å². The Morgan fingerprint density at radius 1 is 1.08 bits per heavy atom. The Morgan fingerprint density at radius 2 is 1.50 bits per heavy atom. The summed E-state index contributed by atoms with van der Waals surface area (Å²) in [6.45, 7) is 0. The number of ether oxygens (including phenoxy) is 1. The quantitative estimate of drug-likeness (QED) is 0.482. The molecule has 0 saturated carbocycles. The molecule has 1 aromatic carbocycles. The van der Waals surface area contributed by atoms with E-state index in [0.29, 0.717) is 5.69 Å². The molecule has 0 saturated heterocycles. The van der Waals surface area contributed by atoms with E-state index in [1.165, 1.54) is 0 Å². The number of methoxy groups -OCH3 is 1. The van der Waals surface area contributed by atoms with Gasteiger partial charge in [0.2, 0.25) is 0 Å². The fourth-order valence-corrected chi connectivity index (χ4v) is 0.591. The molecule has 0 bridgehead atoms. The minimum atomic E-state index is 0. The molecule has 0 fully saturated rings. The summed E-state index contributed by atoms with van der Waals surface area (Å²) in [5.74, 6) is 0.797. The second-order valence-corrected chi connectivity index (χ2v) is 1.73. The summed E-state index contributed by atoms with van der Waals surface area (Å²) in [6.07, 6.45) is 0. The van der Waals surface area contributed by atoms with Gasteiger partial charge in [0.25, 0.3) is 0 Å². The second kappa shape index (κ2) is 8.45.